The number of carbonyl (C=O) groups excluding carboxylic acids is 4. The highest BCUT2D eigenvalue weighted by molar-refractivity contribution is 5.99. The third kappa shape index (κ3) is 8.92. The van der Waals surface area contributed by atoms with E-state index in [9.17, 15) is 19.2 Å². The van der Waals surface area contributed by atoms with Crippen LogP contribution in [0.1, 0.15) is 56.7 Å². The Morgan fingerprint density at radius 1 is 0.818 bits per heavy atom. The molecule has 9 nitrogen and oxygen atoms in total. The molecule has 232 valence electrons. The standard InChI is InChI=1S/C35H40N2O7/c1-34(2,3)44-33(41)36-29(31(39)42-24-27-16-9-5-10-17-27)20-13-21-37-30(38)23-35(37,22-26-14-7-4-8-15-26)32(40)43-25-28-18-11-6-12-19-28/h4-12,14-19,29H,13,20-25H2,1-3H3,(H,36,41)/t29-,35?/m0/s1. The Hall–Kier alpha value is -4.66. The topological polar surface area (TPSA) is 111 Å². The van der Waals surface area contributed by atoms with Crippen LogP contribution in [0.5, 0.6) is 0 Å². The summed E-state index contributed by atoms with van der Waals surface area (Å²) in [4.78, 5) is 53.8. The van der Waals surface area contributed by atoms with Crippen LogP contribution in [0.3, 0.4) is 0 Å². The van der Waals surface area contributed by atoms with Gasteiger partial charge < -0.3 is 24.4 Å². The molecular formula is C35H40N2O7. The van der Waals surface area contributed by atoms with Crippen molar-refractivity contribution in [1.29, 1.82) is 0 Å². The molecule has 1 heterocycles. The third-order valence-corrected chi connectivity index (χ3v) is 7.27. The van der Waals surface area contributed by atoms with Crippen LogP contribution >= 0.6 is 0 Å². The molecule has 1 unspecified atom stereocenters. The zero-order valence-corrected chi connectivity index (χ0v) is 25.5. The minimum atomic E-state index is -1.17. The van der Waals surface area contributed by atoms with E-state index in [1.807, 2.05) is 91.0 Å². The average molecular weight is 601 g/mol. The molecule has 44 heavy (non-hydrogen) atoms. The van der Waals surface area contributed by atoms with Crippen molar-refractivity contribution in [2.45, 2.75) is 76.9 Å². The molecule has 9 heteroatoms. The fourth-order valence-corrected chi connectivity index (χ4v) is 5.11. The zero-order valence-electron chi connectivity index (χ0n) is 25.5. The maximum atomic E-state index is 13.6. The Morgan fingerprint density at radius 3 is 1.86 bits per heavy atom. The smallest absolute Gasteiger partial charge is 0.408 e. The quantitative estimate of drug-likeness (QED) is 0.160. The summed E-state index contributed by atoms with van der Waals surface area (Å²) in [6, 6.07) is 27.1. The lowest BCUT2D eigenvalue weighted by Gasteiger charge is -2.50. The summed E-state index contributed by atoms with van der Waals surface area (Å²) in [6.45, 7) is 5.51. The van der Waals surface area contributed by atoms with Crippen molar-refractivity contribution >= 4 is 23.9 Å². The van der Waals surface area contributed by atoms with Gasteiger partial charge in [0.15, 0.2) is 5.54 Å². The van der Waals surface area contributed by atoms with Gasteiger partial charge in [0.05, 0.1) is 6.42 Å². The van der Waals surface area contributed by atoms with E-state index in [1.54, 1.807) is 20.8 Å². The fourth-order valence-electron chi connectivity index (χ4n) is 5.11. The molecule has 4 rings (SSSR count). The molecule has 2 atom stereocenters. The molecule has 0 aromatic heterocycles. The van der Waals surface area contributed by atoms with Gasteiger partial charge in [-0.1, -0.05) is 91.0 Å². The van der Waals surface area contributed by atoms with Crippen LogP contribution in [0.2, 0.25) is 0 Å². The number of hydrogen-bond donors (Lipinski definition) is 1. The van der Waals surface area contributed by atoms with E-state index >= 15 is 0 Å². The number of amides is 2. The Balaban J connectivity index is 1.45. The molecule has 1 N–H and O–H groups in total. The van der Waals surface area contributed by atoms with Gasteiger partial charge in [-0.15, -0.1) is 0 Å². The van der Waals surface area contributed by atoms with Crippen LogP contribution < -0.4 is 5.32 Å². The van der Waals surface area contributed by atoms with Gasteiger partial charge in [0, 0.05) is 13.0 Å². The van der Waals surface area contributed by atoms with E-state index in [1.165, 1.54) is 4.90 Å². The van der Waals surface area contributed by atoms with Gasteiger partial charge in [-0.2, -0.15) is 0 Å². The maximum absolute atomic E-state index is 13.6. The lowest BCUT2D eigenvalue weighted by molar-refractivity contribution is -0.181. The maximum Gasteiger partial charge on any atom is 0.408 e. The summed E-state index contributed by atoms with van der Waals surface area (Å²) in [7, 11) is 0. The van der Waals surface area contributed by atoms with Crippen LogP contribution in [0.15, 0.2) is 91.0 Å². The van der Waals surface area contributed by atoms with Crippen LogP contribution in [-0.2, 0) is 48.2 Å². The highest BCUT2D eigenvalue weighted by Crippen LogP contribution is 2.37. The highest BCUT2D eigenvalue weighted by Gasteiger charge is 2.57. The van der Waals surface area contributed by atoms with E-state index in [0.717, 1.165) is 16.7 Å². The normalized spacial score (nSPS) is 16.8. The molecule has 0 radical (unpaired) electrons. The Morgan fingerprint density at radius 2 is 1.34 bits per heavy atom. The van der Waals surface area contributed by atoms with Gasteiger partial charge in [0.1, 0.15) is 24.9 Å². The van der Waals surface area contributed by atoms with E-state index in [-0.39, 0.29) is 38.5 Å². The molecule has 0 spiro atoms. The van der Waals surface area contributed by atoms with Crippen molar-refractivity contribution in [3.63, 3.8) is 0 Å². The summed E-state index contributed by atoms with van der Waals surface area (Å²) in [6.07, 6.45) is 0.0500. The van der Waals surface area contributed by atoms with Crippen molar-refractivity contribution in [2.75, 3.05) is 6.54 Å². The number of ether oxygens (including phenoxy) is 3. The molecule has 0 saturated carbocycles. The lowest BCUT2D eigenvalue weighted by Crippen LogP contribution is -2.69. The SMILES string of the molecule is CC(C)(C)OC(=O)N[C@@H](CCCN1C(=O)CC1(Cc1ccccc1)C(=O)OCc1ccccc1)C(=O)OCc1ccccc1. The Labute approximate surface area is 258 Å². The van der Waals surface area contributed by atoms with Gasteiger partial charge in [-0.05, 0) is 50.3 Å². The zero-order chi connectivity index (χ0) is 31.6. The van der Waals surface area contributed by atoms with E-state index in [2.05, 4.69) is 5.32 Å². The molecule has 3 aromatic carbocycles. The molecule has 0 bridgehead atoms. The van der Waals surface area contributed by atoms with E-state index < -0.39 is 35.2 Å². The van der Waals surface area contributed by atoms with Crippen molar-refractivity contribution < 1.29 is 33.4 Å². The summed E-state index contributed by atoms with van der Waals surface area (Å²) in [5.74, 6) is -1.27. The molecule has 1 aliphatic rings. The first-order chi connectivity index (χ1) is 21.1. The minimum absolute atomic E-state index is 0.0220. The molecule has 1 aliphatic heterocycles. The molecule has 0 aliphatic carbocycles. The second-order valence-corrected chi connectivity index (χ2v) is 11.9. The Kier molecular flexibility index (Phi) is 10.8. The third-order valence-electron chi connectivity index (χ3n) is 7.27. The summed E-state index contributed by atoms with van der Waals surface area (Å²) < 4.78 is 16.6. The first-order valence-corrected chi connectivity index (χ1v) is 14.8. The predicted octanol–water partition coefficient (Wildman–Crippen LogP) is 5.36. The number of alkyl carbamates (subject to hydrolysis) is 1. The number of hydrogen-bond acceptors (Lipinski definition) is 7. The number of nitrogens with zero attached hydrogens (tertiary/aromatic N) is 1. The second kappa shape index (κ2) is 14.7. The van der Waals surface area contributed by atoms with Crippen molar-refractivity contribution in [3.05, 3.63) is 108 Å². The number of β-lactam (4-membered cyclic amide) rings is 1. The average Bonchev–Trinajstić information content (AvgIpc) is 3.00. The first kappa shape index (κ1) is 32.3. The largest absolute Gasteiger partial charge is 0.459 e. The molecule has 2 amide bonds. The van der Waals surface area contributed by atoms with E-state index in [0.29, 0.717) is 12.8 Å². The van der Waals surface area contributed by atoms with Crippen molar-refractivity contribution in [1.82, 2.24) is 10.2 Å². The van der Waals surface area contributed by atoms with Crippen LogP contribution in [0, 0.1) is 0 Å². The number of benzene rings is 3. The molecular weight excluding hydrogens is 560 g/mol. The first-order valence-electron chi connectivity index (χ1n) is 14.8. The van der Waals surface area contributed by atoms with Gasteiger partial charge >= 0.3 is 18.0 Å². The summed E-state index contributed by atoms with van der Waals surface area (Å²) in [5, 5.41) is 2.62. The molecule has 1 saturated heterocycles. The number of rotatable bonds is 13. The minimum Gasteiger partial charge on any atom is -0.459 e. The number of esters is 2. The predicted molar refractivity (Wildman–Crippen MR) is 164 cm³/mol. The molecule has 1 fully saturated rings. The molecule has 3 aromatic rings. The van der Waals surface area contributed by atoms with Gasteiger partial charge in [-0.25, -0.2) is 14.4 Å². The van der Waals surface area contributed by atoms with Crippen LogP contribution in [0.25, 0.3) is 0 Å². The Bertz CT molecular complexity index is 1410. The monoisotopic (exact) mass is 600 g/mol. The van der Waals surface area contributed by atoms with Gasteiger partial charge in [0.25, 0.3) is 0 Å². The second-order valence-electron chi connectivity index (χ2n) is 11.9. The lowest BCUT2D eigenvalue weighted by atomic mass is 9.78. The van der Waals surface area contributed by atoms with Gasteiger partial charge in [0.2, 0.25) is 5.91 Å². The highest BCUT2D eigenvalue weighted by atomic mass is 16.6. The van der Waals surface area contributed by atoms with Crippen LogP contribution in [0.4, 0.5) is 4.79 Å². The van der Waals surface area contributed by atoms with Crippen molar-refractivity contribution in [2.24, 2.45) is 0 Å². The summed E-state index contributed by atoms with van der Waals surface area (Å²) >= 11 is 0. The number of likely N-dealkylation sites (tertiary alicyclic amines) is 1. The van der Waals surface area contributed by atoms with Gasteiger partial charge in [-0.3, -0.25) is 4.79 Å². The number of carbonyl (C=O) groups is 4. The van der Waals surface area contributed by atoms with Crippen molar-refractivity contribution in [3.8, 4) is 0 Å². The van der Waals surface area contributed by atoms with Crippen LogP contribution in [-0.4, -0.2) is 52.6 Å². The number of nitrogens with one attached hydrogen (secondary N) is 1. The summed E-state index contributed by atoms with van der Waals surface area (Å²) in [5.41, 5.74) is 0.621. The van der Waals surface area contributed by atoms with E-state index in [4.69, 9.17) is 14.2 Å². The fraction of sp³-hybridized carbons (Fsp3) is 0.371.